The van der Waals surface area contributed by atoms with Gasteiger partial charge < -0.3 is 9.67 Å². The molecule has 4 heterocycles. The number of para-hydroxylation sites is 2. The lowest BCUT2D eigenvalue weighted by molar-refractivity contribution is -0.0422. The van der Waals surface area contributed by atoms with Crippen LogP contribution in [0.15, 0.2) is 36.6 Å². The third-order valence-electron chi connectivity index (χ3n) is 11.0. The Bertz CT molecular complexity index is 1110. The molecule has 5 nitrogen and oxygen atoms in total. The molecule has 0 amide bonds. The molecular formula is C33H48N4O. The molecule has 38 heavy (non-hydrogen) atoms. The lowest BCUT2D eigenvalue weighted by atomic mass is 9.73. The SMILES string of the molecule is C=C(O)CN1CCC[C@H](c2nc3ccccc3n2[C@H]2C[C@H]3CCC[C@@H](C2)N3[C@@H]2C[C@@H]3CCCC[C@@H](C3)C2)C1. The van der Waals surface area contributed by atoms with Crippen molar-refractivity contribution >= 4 is 11.0 Å². The zero-order valence-corrected chi connectivity index (χ0v) is 23.3. The fourth-order valence-electron chi connectivity index (χ4n) is 9.71. The first kappa shape index (κ1) is 25.1. The highest BCUT2D eigenvalue weighted by molar-refractivity contribution is 5.76. The van der Waals surface area contributed by atoms with Gasteiger partial charge in [-0.1, -0.05) is 50.8 Å². The highest BCUT2D eigenvalue weighted by Crippen LogP contribution is 2.48. The predicted octanol–water partition coefficient (Wildman–Crippen LogP) is 7.20. The van der Waals surface area contributed by atoms with E-state index in [4.69, 9.17) is 4.98 Å². The van der Waals surface area contributed by atoms with E-state index in [-0.39, 0.29) is 5.76 Å². The van der Waals surface area contributed by atoms with Gasteiger partial charge in [0.1, 0.15) is 5.82 Å². The number of hydrogen-bond donors (Lipinski definition) is 1. The maximum absolute atomic E-state index is 9.86. The van der Waals surface area contributed by atoms with Crippen molar-refractivity contribution in [1.29, 1.82) is 0 Å². The molecule has 0 unspecified atom stereocenters. The van der Waals surface area contributed by atoms with Crippen molar-refractivity contribution in [2.75, 3.05) is 19.6 Å². The van der Waals surface area contributed by atoms with Gasteiger partial charge in [-0.25, -0.2) is 4.98 Å². The van der Waals surface area contributed by atoms with Gasteiger partial charge in [0.25, 0.3) is 0 Å². The first-order chi connectivity index (χ1) is 18.6. The summed E-state index contributed by atoms with van der Waals surface area (Å²) >= 11 is 0. The van der Waals surface area contributed by atoms with Crippen molar-refractivity contribution in [3.8, 4) is 0 Å². The van der Waals surface area contributed by atoms with Crippen LogP contribution in [0.3, 0.4) is 0 Å². The van der Waals surface area contributed by atoms with Crippen LogP contribution >= 0.6 is 0 Å². The van der Waals surface area contributed by atoms with Crippen LogP contribution < -0.4 is 0 Å². The maximum Gasteiger partial charge on any atom is 0.114 e. The summed E-state index contributed by atoms with van der Waals surface area (Å²) in [5.74, 6) is 4.00. The zero-order valence-electron chi connectivity index (χ0n) is 23.3. The van der Waals surface area contributed by atoms with Crippen molar-refractivity contribution in [2.45, 2.75) is 120 Å². The number of aliphatic hydroxyl groups excluding tert-OH is 1. The molecule has 2 aromatic rings. The van der Waals surface area contributed by atoms with E-state index in [1.165, 1.54) is 94.8 Å². The standard InChI is InChI=1S/C33H48N4O/c1-23(38)21-35-15-7-10-26(22-35)33-34-31-13-4-5-14-32(31)37(33)30-19-27-11-6-12-28(20-30)36(27)29-17-24-8-2-3-9-25(16-24)18-29/h4-5,13-14,24-30,38H,1-3,6-12,15-22H2/t24-,25+,26-,27-,28+,29-,30+/m0/s1. The van der Waals surface area contributed by atoms with Crippen LogP contribution in [0.1, 0.15) is 108 Å². The molecule has 0 spiro atoms. The molecule has 1 N–H and O–H groups in total. The Morgan fingerprint density at radius 3 is 2.29 bits per heavy atom. The molecule has 7 atom stereocenters. The Hall–Kier alpha value is -1.85. The molecular weight excluding hydrogens is 468 g/mol. The van der Waals surface area contributed by atoms with Gasteiger partial charge >= 0.3 is 0 Å². The van der Waals surface area contributed by atoms with Crippen molar-refractivity contribution in [2.24, 2.45) is 11.8 Å². The highest BCUT2D eigenvalue weighted by atomic mass is 16.3. The smallest absolute Gasteiger partial charge is 0.114 e. The fourth-order valence-corrected chi connectivity index (χ4v) is 9.71. The molecule has 0 radical (unpaired) electrons. The van der Waals surface area contributed by atoms with Crippen molar-refractivity contribution in [1.82, 2.24) is 19.4 Å². The maximum atomic E-state index is 9.86. The Morgan fingerprint density at radius 2 is 1.55 bits per heavy atom. The summed E-state index contributed by atoms with van der Waals surface area (Å²) in [6.07, 6.45) is 19.5. The summed E-state index contributed by atoms with van der Waals surface area (Å²) in [5.41, 5.74) is 2.50. The molecule has 5 fully saturated rings. The fraction of sp³-hybridized carbons (Fsp3) is 0.727. The van der Waals surface area contributed by atoms with Crippen molar-refractivity contribution in [3.05, 3.63) is 42.4 Å². The monoisotopic (exact) mass is 516 g/mol. The van der Waals surface area contributed by atoms with Gasteiger partial charge in [-0.3, -0.25) is 9.80 Å². The quantitative estimate of drug-likeness (QED) is 0.427. The first-order valence-electron chi connectivity index (χ1n) is 16.0. The van der Waals surface area contributed by atoms with Gasteiger partial charge in [-0.2, -0.15) is 0 Å². The topological polar surface area (TPSA) is 44.5 Å². The summed E-state index contributed by atoms with van der Waals surface area (Å²) in [6, 6.07) is 11.8. The van der Waals surface area contributed by atoms with Gasteiger partial charge in [0.05, 0.1) is 23.3 Å². The van der Waals surface area contributed by atoms with E-state index in [1.54, 1.807) is 0 Å². The van der Waals surface area contributed by atoms with Crippen LogP contribution in [0.25, 0.3) is 11.0 Å². The Balaban J connectivity index is 1.17. The summed E-state index contributed by atoms with van der Waals surface area (Å²) < 4.78 is 2.71. The van der Waals surface area contributed by atoms with Crippen LogP contribution in [-0.2, 0) is 0 Å². The number of hydrogen-bond acceptors (Lipinski definition) is 4. The van der Waals surface area contributed by atoms with Crippen LogP contribution in [0.2, 0.25) is 0 Å². The van der Waals surface area contributed by atoms with Gasteiger partial charge in [0.15, 0.2) is 0 Å². The third-order valence-corrected chi connectivity index (χ3v) is 11.0. The van der Waals surface area contributed by atoms with E-state index in [9.17, 15) is 5.11 Å². The molecule has 7 rings (SSSR count). The molecule has 2 aliphatic carbocycles. The van der Waals surface area contributed by atoms with Gasteiger partial charge in [0.2, 0.25) is 0 Å². The Morgan fingerprint density at radius 1 is 0.816 bits per heavy atom. The lowest BCUT2D eigenvalue weighted by Crippen LogP contribution is -2.58. The van der Waals surface area contributed by atoms with Crippen LogP contribution in [0.5, 0.6) is 0 Å². The van der Waals surface area contributed by atoms with Gasteiger partial charge in [0, 0.05) is 36.6 Å². The number of likely N-dealkylation sites (tertiary alicyclic amines) is 1. The first-order valence-corrected chi connectivity index (χ1v) is 16.0. The average molecular weight is 517 g/mol. The molecule has 1 aromatic carbocycles. The van der Waals surface area contributed by atoms with Gasteiger partial charge in [-0.15, -0.1) is 0 Å². The number of aliphatic hydroxyl groups is 1. The Kier molecular flexibility index (Phi) is 7.02. The van der Waals surface area contributed by atoms with E-state index in [0.717, 1.165) is 55.0 Å². The lowest BCUT2D eigenvalue weighted by Gasteiger charge is -2.55. The number of fused-ring (bicyclic) bond motifs is 5. The summed E-state index contributed by atoms with van der Waals surface area (Å²) in [6.45, 7) is 6.36. The summed E-state index contributed by atoms with van der Waals surface area (Å²) in [7, 11) is 0. The van der Waals surface area contributed by atoms with Crippen LogP contribution in [0, 0.1) is 11.8 Å². The van der Waals surface area contributed by atoms with E-state index in [1.807, 2.05) is 0 Å². The number of aromatic nitrogens is 2. The normalized spacial score (nSPS) is 36.7. The van der Waals surface area contributed by atoms with E-state index in [2.05, 4.69) is 45.2 Å². The molecule has 3 saturated heterocycles. The van der Waals surface area contributed by atoms with E-state index < -0.39 is 0 Å². The number of rotatable bonds is 5. The number of piperidine rings is 3. The second-order valence-electron chi connectivity index (χ2n) is 13.7. The van der Waals surface area contributed by atoms with Crippen molar-refractivity contribution < 1.29 is 5.11 Å². The third kappa shape index (κ3) is 4.83. The molecule has 5 heteroatoms. The summed E-state index contributed by atoms with van der Waals surface area (Å²) in [4.78, 5) is 10.8. The van der Waals surface area contributed by atoms with Crippen LogP contribution in [-0.4, -0.2) is 62.2 Å². The molecule has 1 aromatic heterocycles. The minimum Gasteiger partial charge on any atom is -0.512 e. The highest BCUT2D eigenvalue weighted by Gasteiger charge is 2.45. The molecule has 3 aliphatic heterocycles. The van der Waals surface area contributed by atoms with E-state index in [0.29, 0.717) is 18.5 Å². The van der Waals surface area contributed by atoms with Gasteiger partial charge in [-0.05, 0) is 88.3 Å². The molecule has 4 bridgehead atoms. The number of benzene rings is 1. The largest absolute Gasteiger partial charge is 0.512 e. The number of nitrogens with zero attached hydrogens (tertiary/aromatic N) is 4. The summed E-state index contributed by atoms with van der Waals surface area (Å²) in [5, 5.41) is 9.86. The minimum atomic E-state index is 0.280. The molecule has 2 saturated carbocycles. The van der Waals surface area contributed by atoms with Crippen molar-refractivity contribution in [3.63, 3.8) is 0 Å². The Labute approximate surface area is 229 Å². The molecule has 5 aliphatic rings. The average Bonchev–Trinajstić information content (AvgIpc) is 3.21. The minimum absolute atomic E-state index is 0.280. The second-order valence-corrected chi connectivity index (χ2v) is 13.7. The number of imidazole rings is 1. The molecule has 206 valence electrons. The van der Waals surface area contributed by atoms with Crippen LogP contribution in [0.4, 0.5) is 0 Å². The zero-order chi connectivity index (χ0) is 25.6. The van der Waals surface area contributed by atoms with E-state index >= 15 is 0 Å². The predicted molar refractivity (Wildman–Crippen MR) is 155 cm³/mol. The second kappa shape index (κ2) is 10.6.